The van der Waals surface area contributed by atoms with Gasteiger partial charge in [0.2, 0.25) is 0 Å². The largest absolute Gasteiger partial charge is 0.488 e. The van der Waals surface area contributed by atoms with E-state index in [-0.39, 0.29) is 0 Å². The van der Waals surface area contributed by atoms with Gasteiger partial charge in [-0.1, -0.05) is 18.2 Å². The van der Waals surface area contributed by atoms with Crippen LogP contribution >= 0.6 is 15.9 Å². The Balaban J connectivity index is 2.17. The van der Waals surface area contributed by atoms with Crippen LogP contribution in [0.1, 0.15) is 27.0 Å². The van der Waals surface area contributed by atoms with Crippen LogP contribution in [0.25, 0.3) is 0 Å². The number of carbonyl (C=O) groups is 1. The van der Waals surface area contributed by atoms with E-state index in [0.717, 1.165) is 16.5 Å². The Labute approximate surface area is 121 Å². The van der Waals surface area contributed by atoms with Gasteiger partial charge in [-0.2, -0.15) is 0 Å². The predicted octanol–water partition coefficient (Wildman–Crippen LogP) is 4.46. The SMILES string of the molecule is Cc1cccc(C)c1COc1ccc(C=O)cc1Br. The molecule has 0 aliphatic heterocycles. The monoisotopic (exact) mass is 318 g/mol. The molecule has 19 heavy (non-hydrogen) atoms. The fraction of sp³-hybridized carbons (Fsp3) is 0.188. The molecule has 0 bridgehead atoms. The van der Waals surface area contributed by atoms with E-state index in [1.807, 2.05) is 6.07 Å². The summed E-state index contributed by atoms with van der Waals surface area (Å²) in [7, 11) is 0. The predicted molar refractivity (Wildman–Crippen MR) is 79.8 cm³/mol. The van der Waals surface area contributed by atoms with Crippen molar-refractivity contribution in [3.8, 4) is 5.75 Å². The van der Waals surface area contributed by atoms with E-state index in [4.69, 9.17) is 4.74 Å². The molecule has 2 rings (SSSR count). The van der Waals surface area contributed by atoms with Gasteiger partial charge in [-0.25, -0.2) is 0 Å². The van der Waals surface area contributed by atoms with Crippen LogP contribution in [-0.4, -0.2) is 6.29 Å². The molecule has 0 spiro atoms. The van der Waals surface area contributed by atoms with E-state index in [0.29, 0.717) is 12.2 Å². The van der Waals surface area contributed by atoms with Crippen molar-refractivity contribution in [3.05, 3.63) is 63.1 Å². The first-order valence-corrected chi connectivity index (χ1v) is 6.83. The van der Waals surface area contributed by atoms with E-state index in [9.17, 15) is 4.79 Å². The van der Waals surface area contributed by atoms with Crippen molar-refractivity contribution in [3.63, 3.8) is 0 Å². The van der Waals surface area contributed by atoms with E-state index >= 15 is 0 Å². The Morgan fingerprint density at radius 2 is 1.84 bits per heavy atom. The van der Waals surface area contributed by atoms with E-state index in [2.05, 4.69) is 41.9 Å². The van der Waals surface area contributed by atoms with Gasteiger partial charge in [-0.15, -0.1) is 0 Å². The molecule has 0 aromatic heterocycles. The molecule has 0 saturated carbocycles. The molecule has 98 valence electrons. The minimum Gasteiger partial charge on any atom is -0.488 e. The molecule has 2 aromatic carbocycles. The molecule has 0 radical (unpaired) electrons. The maximum absolute atomic E-state index is 10.7. The molecule has 0 heterocycles. The highest BCUT2D eigenvalue weighted by Gasteiger charge is 2.06. The lowest BCUT2D eigenvalue weighted by Gasteiger charge is -2.12. The summed E-state index contributed by atoms with van der Waals surface area (Å²) in [5.41, 5.74) is 4.28. The molecular weight excluding hydrogens is 304 g/mol. The van der Waals surface area contributed by atoms with Crippen LogP contribution in [0, 0.1) is 13.8 Å². The number of rotatable bonds is 4. The summed E-state index contributed by atoms with van der Waals surface area (Å²) >= 11 is 3.41. The number of hydrogen-bond acceptors (Lipinski definition) is 2. The maximum Gasteiger partial charge on any atom is 0.150 e. The molecule has 2 aromatic rings. The van der Waals surface area contributed by atoms with E-state index in [1.54, 1.807) is 18.2 Å². The van der Waals surface area contributed by atoms with Gasteiger partial charge in [-0.05, 0) is 64.7 Å². The van der Waals surface area contributed by atoms with Gasteiger partial charge in [0.25, 0.3) is 0 Å². The lowest BCUT2D eigenvalue weighted by atomic mass is 10.0. The van der Waals surface area contributed by atoms with Gasteiger partial charge >= 0.3 is 0 Å². The van der Waals surface area contributed by atoms with Crippen LogP contribution < -0.4 is 4.74 Å². The molecule has 0 aliphatic rings. The number of benzene rings is 2. The van der Waals surface area contributed by atoms with Crippen molar-refractivity contribution < 1.29 is 9.53 Å². The Hall–Kier alpha value is -1.61. The quantitative estimate of drug-likeness (QED) is 0.778. The van der Waals surface area contributed by atoms with Crippen molar-refractivity contribution in [2.75, 3.05) is 0 Å². The zero-order chi connectivity index (χ0) is 13.8. The van der Waals surface area contributed by atoms with Gasteiger partial charge in [-0.3, -0.25) is 4.79 Å². The number of aldehydes is 1. The van der Waals surface area contributed by atoms with Gasteiger partial charge in [0.05, 0.1) is 4.47 Å². The minimum atomic E-state index is 0.525. The summed E-state index contributed by atoms with van der Waals surface area (Å²) < 4.78 is 6.62. The first kappa shape index (κ1) is 13.8. The highest BCUT2D eigenvalue weighted by molar-refractivity contribution is 9.10. The molecular formula is C16H15BrO2. The summed E-state index contributed by atoms with van der Waals surface area (Å²) in [6.45, 7) is 4.68. The number of carbonyl (C=O) groups excluding carboxylic acids is 1. The molecule has 0 amide bonds. The second kappa shape index (κ2) is 6.02. The summed E-state index contributed by atoms with van der Waals surface area (Å²) in [5.74, 6) is 0.744. The highest BCUT2D eigenvalue weighted by Crippen LogP contribution is 2.27. The molecule has 0 aliphatic carbocycles. The number of aryl methyl sites for hydroxylation is 2. The summed E-state index contributed by atoms with van der Waals surface area (Å²) in [6, 6.07) is 11.5. The minimum absolute atomic E-state index is 0.525. The molecule has 2 nitrogen and oxygen atoms in total. The summed E-state index contributed by atoms with van der Waals surface area (Å²) in [6.07, 6.45) is 0.819. The molecule has 0 N–H and O–H groups in total. The third-order valence-corrected chi connectivity index (χ3v) is 3.73. The van der Waals surface area contributed by atoms with Crippen LogP contribution in [0.2, 0.25) is 0 Å². The van der Waals surface area contributed by atoms with Crippen molar-refractivity contribution in [1.82, 2.24) is 0 Å². The number of ether oxygens (including phenoxy) is 1. The van der Waals surface area contributed by atoms with Gasteiger partial charge in [0.1, 0.15) is 18.6 Å². The third-order valence-electron chi connectivity index (χ3n) is 3.11. The number of halogens is 1. The zero-order valence-electron chi connectivity index (χ0n) is 10.9. The van der Waals surface area contributed by atoms with Gasteiger partial charge in [0, 0.05) is 5.56 Å². The van der Waals surface area contributed by atoms with E-state index in [1.165, 1.54) is 16.7 Å². The summed E-state index contributed by atoms with van der Waals surface area (Å²) in [4.78, 5) is 10.7. The topological polar surface area (TPSA) is 26.3 Å². The lowest BCUT2D eigenvalue weighted by Crippen LogP contribution is -2.01. The maximum atomic E-state index is 10.7. The van der Waals surface area contributed by atoms with E-state index < -0.39 is 0 Å². The Bertz CT molecular complexity index is 585. The third kappa shape index (κ3) is 3.24. The van der Waals surface area contributed by atoms with Gasteiger partial charge in [0.15, 0.2) is 0 Å². The smallest absolute Gasteiger partial charge is 0.150 e. The van der Waals surface area contributed by atoms with Crippen LogP contribution in [0.4, 0.5) is 0 Å². The first-order chi connectivity index (χ1) is 9.11. The second-order valence-electron chi connectivity index (χ2n) is 4.47. The zero-order valence-corrected chi connectivity index (χ0v) is 12.5. The number of hydrogen-bond donors (Lipinski definition) is 0. The van der Waals surface area contributed by atoms with Crippen LogP contribution in [0.5, 0.6) is 5.75 Å². The van der Waals surface area contributed by atoms with Crippen molar-refractivity contribution in [2.24, 2.45) is 0 Å². The normalized spacial score (nSPS) is 10.3. The molecule has 0 unspecified atom stereocenters. The first-order valence-electron chi connectivity index (χ1n) is 6.04. The van der Waals surface area contributed by atoms with Crippen LogP contribution in [-0.2, 0) is 6.61 Å². The van der Waals surface area contributed by atoms with Crippen LogP contribution in [0.3, 0.4) is 0 Å². The molecule has 0 fully saturated rings. The fourth-order valence-corrected chi connectivity index (χ4v) is 2.44. The Morgan fingerprint density at radius 3 is 2.42 bits per heavy atom. The molecule has 0 atom stereocenters. The summed E-state index contributed by atoms with van der Waals surface area (Å²) in [5, 5.41) is 0. The van der Waals surface area contributed by atoms with Crippen molar-refractivity contribution in [1.29, 1.82) is 0 Å². The second-order valence-corrected chi connectivity index (χ2v) is 5.32. The van der Waals surface area contributed by atoms with Crippen LogP contribution in [0.15, 0.2) is 40.9 Å². The molecule has 3 heteroatoms. The highest BCUT2D eigenvalue weighted by atomic mass is 79.9. The standard InChI is InChI=1S/C16H15BrO2/c1-11-4-3-5-12(2)14(11)10-19-16-7-6-13(9-18)8-15(16)17/h3-9H,10H2,1-2H3. The fourth-order valence-electron chi connectivity index (χ4n) is 1.93. The van der Waals surface area contributed by atoms with Gasteiger partial charge < -0.3 is 4.74 Å². The Morgan fingerprint density at radius 1 is 1.16 bits per heavy atom. The van der Waals surface area contributed by atoms with Crippen molar-refractivity contribution >= 4 is 22.2 Å². The lowest BCUT2D eigenvalue weighted by molar-refractivity contribution is 0.112. The Kier molecular flexibility index (Phi) is 4.38. The molecule has 0 saturated heterocycles. The average molecular weight is 319 g/mol. The average Bonchev–Trinajstić information content (AvgIpc) is 2.39. The van der Waals surface area contributed by atoms with Crippen molar-refractivity contribution in [2.45, 2.75) is 20.5 Å².